The largest absolute Gasteiger partial charge is 0.481 e. The monoisotopic (exact) mass is 336 g/mol. The van der Waals surface area contributed by atoms with Crippen molar-refractivity contribution in [1.29, 1.82) is 0 Å². The Kier molecular flexibility index (Phi) is 4.86. The molecule has 0 bridgehead atoms. The van der Waals surface area contributed by atoms with Crippen LogP contribution >= 0.6 is 0 Å². The highest BCUT2D eigenvalue weighted by atomic mass is 19.4. The molecule has 6 nitrogen and oxygen atoms in total. The molecule has 0 aliphatic carbocycles. The maximum Gasteiger partial charge on any atom is 0.408 e. The van der Waals surface area contributed by atoms with Crippen molar-refractivity contribution in [2.45, 2.75) is 38.4 Å². The Morgan fingerprint density at radius 2 is 1.91 bits per heavy atom. The molecule has 2 rings (SSSR count). The van der Waals surface area contributed by atoms with Gasteiger partial charge in [0.1, 0.15) is 12.0 Å². The maximum absolute atomic E-state index is 12.6. The Morgan fingerprint density at radius 3 is 2.43 bits per heavy atom. The van der Waals surface area contributed by atoms with Gasteiger partial charge in [-0.25, -0.2) is 0 Å². The predicted molar refractivity (Wildman–Crippen MR) is 72.2 cm³/mol. The van der Waals surface area contributed by atoms with E-state index >= 15 is 0 Å². The number of nitrogens with one attached hydrogen (secondary N) is 1. The number of nitrogens with zero attached hydrogens (tertiary/aromatic N) is 1. The second kappa shape index (κ2) is 6.37. The average Bonchev–Trinajstić information content (AvgIpc) is 2.44. The first kappa shape index (κ1) is 17.6. The molecule has 2 aliphatic rings. The summed E-state index contributed by atoms with van der Waals surface area (Å²) in [6.07, 6.45) is -4.63. The van der Waals surface area contributed by atoms with Crippen LogP contribution in [0.25, 0.3) is 0 Å². The summed E-state index contributed by atoms with van der Waals surface area (Å²) in [5.41, 5.74) is 0. The fourth-order valence-corrected chi connectivity index (χ4v) is 3.22. The van der Waals surface area contributed by atoms with Crippen LogP contribution in [0.3, 0.4) is 0 Å². The summed E-state index contributed by atoms with van der Waals surface area (Å²) >= 11 is 0. The second-order valence-corrected chi connectivity index (χ2v) is 6.35. The summed E-state index contributed by atoms with van der Waals surface area (Å²) in [5.74, 6) is -4.46. The first-order valence-corrected chi connectivity index (χ1v) is 7.48. The van der Waals surface area contributed by atoms with Crippen LogP contribution in [0, 0.1) is 17.8 Å². The second-order valence-electron chi connectivity index (χ2n) is 6.35. The Hall–Kier alpha value is -1.80. The van der Waals surface area contributed by atoms with Crippen LogP contribution in [-0.4, -0.2) is 53.1 Å². The molecule has 0 spiro atoms. The van der Waals surface area contributed by atoms with E-state index in [1.807, 2.05) is 5.32 Å². The van der Waals surface area contributed by atoms with Crippen molar-refractivity contribution in [3.63, 3.8) is 0 Å². The zero-order chi connectivity index (χ0) is 17.4. The predicted octanol–water partition coefficient (Wildman–Crippen LogP) is 1.01. The van der Waals surface area contributed by atoms with E-state index in [2.05, 4.69) is 0 Å². The van der Waals surface area contributed by atoms with Gasteiger partial charge in [-0.1, -0.05) is 6.92 Å². The number of carbonyl (C=O) groups is 3. The number of rotatable bonds is 2. The number of hydrogen-bond acceptors (Lipinski definition) is 3. The normalized spacial score (nSPS) is 32.3. The highest BCUT2D eigenvalue weighted by Crippen LogP contribution is 2.30. The van der Waals surface area contributed by atoms with Gasteiger partial charge in [-0.3, -0.25) is 14.4 Å². The van der Waals surface area contributed by atoms with Crippen LogP contribution in [0.2, 0.25) is 0 Å². The van der Waals surface area contributed by atoms with Crippen LogP contribution in [0.15, 0.2) is 0 Å². The topological polar surface area (TPSA) is 86.7 Å². The van der Waals surface area contributed by atoms with Gasteiger partial charge in [0.2, 0.25) is 11.8 Å². The van der Waals surface area contributed by atoms with E-state index < -0.39 is 41.8 Å². The van der Waals surface area contributed by atoms with Crippen LogP contribution in [-0.2, 0) is 14.4 Å². The molecule has 0 aromatic rings. The van der Waals surface area contributed by atoms with Gasteiger partial charge in [0.15, 0.2) is 0 Å². The summed E-state index contributed by atoms with van der Waals surface area (Å²) in [6, 6.07) is -1.92. The smallest absolute Gasteiger partial charge is 0.408 e. The first-order valence-electron chi connectivity index (χ1n) is 7.48. The molecular weight excluding hydrogens is 317 g/mol. The molecule has 0 radical (unpaired) electrons. The van der Waals surface area contributed by atoms with Crippen molar-refractivity contribution < 1.29 is 32.7 Å². The van der Waals surface area contributed by atoms with Crippen molar-refractivity contribution >= 4 is 17.8 Å². The molecule has 0 saturated carbocycles. The summed E-state index contributed by atoms with van der Waals surface area (Å²) in [6.45, 7) is 2.11. The van der Waals surface area contributed by atoms with Crippen LogP contribution < -0.4 is 5.32 Å². The summed E-state index contributed by atoms with van der Waals surface area (Å²) in [7, 11) is 0. The molecule has 9 heteroatoms. The number of halogens is 3. The van der Waals surface area contributed by atoms with Gasteiger partial charge in [0.25, 0.3) is 0 Å². The van der Waals surface area contributed by atoms with Crippen molar-refractivity contribution in [1.82, 2.24) is 10.2 Å². The minimum atomic E-state index is -4.53. The van der Waals surface area contributed by atoms with Crippen molar-refractivity contribution in [3.05, 3.63) is 0 Å². The molecule has 2 fully saturated rings. The average molecular weight is 336 g/mol. The molecule has 4 unspecified atom stereocenters. The fourth-order valence-electron chi connectivity index (χ4n) is 3.22. The number of hydrogen-bond donors (Lipinski definition) is 2. The zero-order valence-electron chi connectivity index (χ0n) is 12.6. The van der Waals surface area contributed by atoms with Crippen LogP contribution in [0.1, 0.15) is 26.2 Å². The molecule has 2 amide bonds. The van der Waals surface area contributed by atoms with Gasteiger partial charge < -0.3 is 15.3 Å². The Morgan fingerprint density at radius 1 is 1.26 bits per heavy atom. The molecule has 2 saturated heterocycles. The van der Waals surface area contributed by atoms with E-state index in [4.69, 9.17) is 5.11 Å². The summed E-state index contributed by atoms with van der Waals surface area (Å²) < 4.78 is 37.8. The maximum atomic E-state index is 12.6. The third kappa shape index (κ3) is 3.94. The Labute approximate surface area is 131 Å². The molecule has 130 valence electrons. The molecule has 4 atom stereocenters. The van der Waals surface area contributed by atoms with E-state index in [-0.39, 0.29) is 25.3 Å². The minimum absolute atomic E-state index is 0.00894. The van der Waals surface area contributed by atoms with Crippen LogP contribution in [0.5, 0.6) is 0 Å². The number of likely N-dealkylation sites (tertiary alicyclic amines) is 1. The number of carbonyl (C=O) groups excluding carboxylic acids is 2. The third-order valence-electron chi connectivity index (χ3n) is 4.39. The Bertz CT molecular complexity index is 509. The molecule has 2 N–H and O–H groups in total. The molecule has 2 aliphatic heterocycles. The number of carboxylic acid groups (broad SMARTS) is 1. The van der Waals surface area contributed by atoms with E-state index in [9.17, 15) is 27.6 Å². The number of amides is 2. The highest BCUT2D eigenvalue weighted by Gasteiger charge is 2.47. The van der Waals surface area contributed by atoms with Gasteiger partial charge >= 0.3 is 12.1 Å². The number of piperidine rings is 2. The van der Waals surface area contributed by atoms with Crippen LogP contribution in [0.4, 0.5) is 13.2 Å². The molecule has 2 heterocycles. The van der Waals surface area contributed by atoms with Gasteiger partial charge in [-0.2, -0.15) is 13.2 Å². The summed E-state index contributed by atoms with van der Waals surface area (Å²) in [4.78, 5) is 36.7. The molecule has 23 heavy (non-hydrogen) atoms. The van der Waals surface area contributed by atoms with Crippen molar-refractivity contribution in [2.24, 2.45) is 17.8 Å². The molecule has 0 aromatic heterocycles. The number of alkyl halides is 3. The minimum Gasteiger partial charge on any atom is -0.481 e. The fraction of sp³-hybridized carbons (Fsp3) is 0.786. The lowest BCUT2D eigenvalue weighted by atomic mass is 9.87. The van der Waals surface area contributed by atoms with E-state index in [1.54, 1.807) is 6.92 Å². The lowest BCUT2D eigenvalue weighted by molar-refractivity contribution is -0.173. The van der Waals surface area contributed by atoms with Gasteiger partial charge in [-0.15, -0.1) is 0 Å². The zero-order valence-corrected chi connectivity index (χ0v) is 12.6. The van der Waals surface area contributed by atoms with Gasteiger partial charge in [0, 0.05) is 13.1 Å². The van der Waals surface area contributed by atoms with E-state index in [0.717, 1.165) is 0 Å². The SMILES string of the molecule is CC1CC(C(=O)O)CN(C(=O)C2CCC(C(F)(F)F)NC2=O)C1. The molecular formula is C14H19F3N2O4. The quantitative estimate of drug-likeness (QED) is 0.737. The van der Waals surface area contributed by atoms with Gasteiger partial charge in [0.05, 0.1) is 5.92 Å². The van der Waals surface area contributed by atoms with E-state index in [0.29, 0.717) is 13.0 Å². The molecule has 0 aromatic carbocycles. The standard InChI is InChI=1S/C14H19F3N2O4/c1-7-4-8(13(22)23)6-19(5-7)12(21)9-2-3-10(14(15,16)17)18-11(9)20/h7-10H,2-6H2,1H3,(H,18,20)(H,22,23). The van der Waals surface area contributed by atoms with Crippen molar-refractivity contribution in [2.75, 3.05) is 13.1 Å². The summed E-state index contributed by atoms with van der Waals surface area (Å²) in [5, 5.41) is 10.9. The van der Waals surface area contributed by atoms with E-state index in [1.165, 1.54) is 4.90 Å². The lowest BCUT2D eigenvalue weighted by Gasteiger charge is -2.38. The number of aliphatic carboxylic acids is 1. The third-order valence-corrected chi connectivity index (χ3v) is 4.39. The lowest BCUT2D eigenvalue weighted by Crippen LogP contribution is -2.56. The van der Waals surface area contributed by atoms with Crippen molar-refractivity contribution in [3.8, 4) is 0 Å². The first-order chi connectivity index (χ1) is 10.6. The number of carboxylic acids is 1. The van der Waals surface area contributed by atoms with Gasteiger partial charge in [-0.05, 0) is 25.2 Å². The Balaban J connectivity index is 2.03. The highest BCUT2D eigenvalue weighted by molar-refractivity contribution is 6.01.